The van der Waals surface area contributed by atoms with Gasteiger partial charge in [0.25, 0.3) is 0 Å². The normalized spacial score (nSPS) is 21.1. The Morgan fingerprint density at radius 1 is 1.04 bits per heavy atom. The first kappa shape index (κ1) is 20.0. The minimum atomic E-state index is -0.303. The van der Waals surface area contributed by atoms with E-state index in [9.17, 15) is 19.1 Å². The van der Waals surface area contributed by atoms with E-state index >= 15 is 0 Å². The molecule has 2 N–H and O–H groups in total. The minimum absolute atomic E-state index is 0.0337. The number of halogens is 1. The van der Waals surface area contributed by atoms with Gasteiger partial charge in [-0.2, -0.15) is 0 Å². The highest BCUT2D eigenvalue weighted by atomic mass is 19.1. The number of amides is 2. The zero-order chi connectivity index (χ0) is 20.3. The summed E-state index contributed by atoms with van der Waals surface area (Å²) in [4.78, 5) is 25.4. The van der Waals surface area contributed by atoms with Gasteiger partial charge in [-0.25, -0.2) is 4.39 Å². The molecule has 2 aromatic carbocycles. The monoisotopic (exact) mass is 384 g/mol. The second kappa shape index (κ2) is 8.52. The molecule has 0 unspecified atom stereocenters. The van der Waals surface area contributed by atoms with Crippen molar-refractivity contribution >= 4 is 11.8 Å². The first-order valence-corrected chi connectivity index (χ1v) is 9.48. The van der Waals surface area contributed by atoms with E-state index in [1.165, 1.54) is 19.1 Å². The summed E-state index contributed by atoms with van der Waals surface area (Å²) in [6.07, 6.45) is 0.350. The van der Waals surface area contributed by atoms with Crippen LogP contribution in [0, 0.1) is 5.82 Å². The molecule has 0 aromatic heterocycles. The topological polar surface area (TPSA) is 69.6 Å². The first-order valence-electron chi connectivity index (χ1n) is 9.48. The van der Waals surface area contributed by atoms with Gasteiger partial charge >= 0.3 is 0 Å². The third-order valence-electron chi connectivity index (χ3n) is 5.35. The van der Waals surface area contributed by atoms with Crippen LogP contribution in [0.15, 0.2) is 48.5 Å². The summed E-state index contributed by atoms with van der Waals surface area (Å²) in [6.45, 7) is 3.45. The SMILES string of the molecule is CCC(=O)N1[C@H](CNC(C)=O)[C@H](c2ccc(-c3ccc(F)cc3)cc2)[C@@H]1CO. The van der Waals surface area contributed by atoms with Crippen molar-refractivity contribution in [2.75, 3.05) is 13.2 Å². The van der Waals surface area contributed by atoms with Crippen molar-refractivity contribution in [1.82, 2.24) is 10.2 Å². The zero-order valence-corrected chi connectivity index (χ0v) is 16.1. The van der Waals surface area contributed by atoms with Crippen molar-refractivity contribution < 1.29 is 19.1 Å². The molecule has 1 heterocycles. The van der Waals surface area contributed by atoms with Gasteiger partial charge in [-0.15, -0.1) is 0 Å². The zero-order valence-electron chi connectivity index (χ0n) is 16.1. The largest absolute Gasteiger partial charge is 0.394 e. The second-order valence-corrected chi connectivity index (χ2v) is 7.06. The van der Waals surface area contributed by atoms with E-state index in [1.54, 1.807) is 24.0 Å². The van der Waals surface area contributed by atoms with Crippen molar-refractivity contribution in [3.63, 3.8) is 0 Å². The number of carbonyl (C=O) groups is 2. The molecule has 3 rings (SSSR count). The van der Waals surface area contributed by atoms with Crippen LogP contribution in [0.5, 0.6) is 0 Å². The summed E-state index contributed by atoms with van der Waals surface area (Å²) in [5.74, 6) is -0.521. The Bertz CT molecular complexity index is 836. The maximum atomic E-state index is 13.1. The van der Waals surface area contributed by atoms with Crippen LogP contribution in [-0.4, -0.2) is 47.1 Å². The maximum absolute atomic E-state index is 13.1. The van der Waals surface area contributed by atoms with E-state index in [-0.39, 0.29) is 42.2 Å². The molecule has 148 valence electrons. The number of aliphatic hydroxyl groups is 1. The van der Waals surface area contributed by atoms with Crippen molar-refractivity contribution in [1.29, 1.82) is 0 Å². The molecule has 6 heteroatoms. The lowest BCUT2D eigenvalue weighted by Crippen LogP contribution is -2.68. The Morgan fingerprint density at radius 3 is 2.11 bits per heavy atom. The third-order valence-corrected chi connectivity index (χ3v) is 5.35. The fraction of sp³-hybridized carbons (Fsp3) is 0.364. The summed E-state index contributed by atoms with van der Waals surface area (Å²) >= 11 is 0. The summed E-state index contributed by atoms with van der Waals surface area (Å²) in [7, 11) is 0. The van der Waals surface area contributed by atoms with Gasteiger partial charge in [0.05, 0.1) is 18.7 Å². The van der Waals surface area contributed by atoms with Crippen molar-refractivity contribution in [2.24, 2.45) is 0 Å². The lowest BCUT2D eigenvalue weighted by molar-refractivity contribution is -0.150. The van der Waals surface area contributed by atoms with Crippen LogP contribution in [0.4, 0.5) is 4.39 Å². The predicted octanol–water partition coefficient (Wildman–Crippen LogP) is 2.69. The average Bonchev–Trinajstić information content (AvgIpc) is 2.68. The lowest BCUT2D eigenvalue weighted by Gasteiger charge is -2.55. The third kappa shape index (κ3) is 3.92. The van der Waals surface area contributed by atoms with Crippen LogP contribution in [0.1, 0.15) is 31.7 Å². The van der Waals surface area contributed by atoms with Crippen molar-refractivity contribution in [3.8, 4) is 11.1 Å². The number of likely N-dealkylation sites (tertiary alicyclic amines) is 1. The van der Waals surface area contributed by atoms with Gasteiger partial charge in [-0.1, -0.05) is 43.3 Å². The van der Waals surface area contributed by atoms with Crippen LogP contribution < -0.4 is 5.32 Å². The van der Waals surface area contributed by atoms with Gasteiger partial charge in [0.15, 0.2) is 0 Å². The van der Waals surface area contributed by atoms with E-state index in [4.69, 9.17) is 0 Å². The van der Waals surface area contributed by atoms with E-state index in [1.807, 2.05) is 24.3 Å². The number of benzene rings is 2. The summed E-state index contributed by atoms with van der Waals surface area (Å²) < 4.78 is 13.1. The number of carbonyl (C=O) groups excluding carboxylic acids is 2. The highest BCUT2D eigenvalue weighted by Gasteiger charge is 2.50. The number of nitrogens with one attached hydrogen (secondary N) is 1. The molecular formula is C22H25FN2O3. The second-order valence-electron chi connectivity index (χ2n) is 7.06. The van der Waals surface area contributed by atoms with Gasteiger partial charge < -0.3 is 15.3 Å². The smallest absolute Gasteiger partial charge is 0.222 e. The van der Waals surface area contributed by atoms with Crippen LogP contribution in [0.2, 0.25) is 0 Å². The van der Waals surface area contributed by atoms with Crippen molar-refractivity contribution in [2.45, 2.75) is 38.3 Å². The summed E-state index contributed by atoms with van der Waals surface area (Å²) in [5, 5.41) is 12.7. The molecular weight excluding hydrogens is 359 g/mol. The molecule has 0 bridgehead atoms. The first-order chi connectivity index (χ1) is 13.5. The van der Waals surface area contributed by atoms with Crippen LogP contribution in [-0.2, 0) is 9.59 Å². The summed E-state index contributed by atoms with van der Waals surface area (Å²) in [5.41, 5.74) is 2.88. The van der Waals surface area contributed by atoms with Gasteiger partial charge in [0.2, 0.25) is 11.8 Å². The van der Waals surface area contributed by atoms with Crippen LogP contribution >= 0.6 is 0 Å². The number of hydrogen-bond acceptors (Lipinski definition) is 3. The number of rotatable bonds is 6. The highest BCUT2D eigenvalue weighted by Crippen LogP contribution is 2.41. The molecule has 3 atom stereocenters. The fourth-order valence-electron chi connectivity index (χ4n) is 3.96. The standard InChI is InChI=1S/C22H25FN2O3/c1-3-21(28)25-19(12-24-14(2)27)22(20(25)13-26)17-6-4-15(5-7-17)16-8-10-18(23)11-9-16/h4-11,19-20,22,26H,3,12-13H2,1-2H3,(H,24,27)/t19-,20+,22+/m1/s1. The van der Waals surface area contributed by atoms with E-state index in [0.717, 1.165) is 16.7 Å². The highest BCUT2D eigenvalue weighted by molar-refractivity contribution is 5.79. The molecule has 0 aliphatic carbocycles. The molecule has 0 saturated carbocycles. The van der Waals surface area contributed by atoms with Crippen LogP contribution in [0.3, 0.4) is 0 Å². The van der Waals surface area contributed by atoms with Gasteiger partial charge in [0.1, 0.15) is 5.82 Å². The maximum Gasteiger partial charge on any atom is 0.222 e. The predicted molar refractivity (Wildman–Crippen MR) is 105 cm³/mol. The summed E-state index contributed by atoms with van der Waals surface area (Å²) in [6, 6.07) is 13.7. The fourth-order valence-corrected chi connectivity index (χ4v) is 3.96. The molecule has 1 aliphatic rings. The molecule has 1 saturated heterocycles. The average molecular weight is 384 g/mol. The number of hydrogen-bond donors (Lipinski definition) is 2. The van der Waals surface area contributed by atoms with Crippen LogP contribution in [0.25, 0.3) is 11.1 Å². The quantitative estimate of drug-likeness (QED) is 0.805. The Kier molecular flexibility index (Phi) is 6.09. The Balaban J connectivity index is 1.85. The molecule has 2 aromatic rings. The van der Waals surface area contributed by atoms with Gasteiger partial charge in [0, 0.05) is 25.8 Å². The molecule has 0 spiro atoms. The van der Waals surface area contributed by atoms with Crippen molar-refractivity contribution in [3.05, 3.63) is 59.9 Å². The molecule has 1 aliphatic heterocycles. The molecule has 0 radical (unpaired) electrons. The molecule has 1 fully saturated rings. The van der Waals surface area contributed by atoms with E-state index in [2.05, 4.69) is 5.32 Å². The molecule has 28 heavy (non-hydrogen) atoms. The van der Waals surface area contributed by atoms with E-state index < -0.39 is 0 Å². The number of aliphatic hydroxyl groups excluding tert-OH is 1. The Hall–Kier alpha value is -2.73. The Morgan fingerprint density at radius 2 is 1.61 bits per heavy atom. The van der Waals surface area contributed by atoms with E-state index in [0.29, 0.717) is 13.0 Å². The Labute approximate surface area is 164 Å². The molecule has 5 nitrogen and oxygen atoms in total. The number of nitrogens with zero attached hydrogens (tertiary/aromatic N) is 1. The minimum Gasteiger partial charge on any atom is -0.394 e. The van der Waals surface area contributed by atoms with Gasteiger partial charge in [-0.3, -0.25) is 9.59 Å². The molecule has 2 amide bonds. The van der Waals surface area contributed by atoms with Gasteiger partial charge in [-0.05, 0) is 28.8 Å². The lowest BCUT2D eigenvalue weighted by atomic mass is 9.74.